The lowest BCUT2D eigenvalue weighted by Crippen LogP contribution is -2.41. The van der Waals surface area contributed by atoms with Crippen LogP contribution in [0.25, 0.3) is 0 Å². The number of hydrazine groups is 1. The maximum absolute atomic E-state index is 12.2. The monoisotopic (exact) mass is 423 g/mol. The van der Waals surface area contributed by atoms with Crippen LogP contribution in [-0.2, 0) is 16.4 Å². The van der Waals surface area contributed by atoms with E-state index in [1.165, 1.54) is 35.6 Å². The van der Waals surface area contributed by atoms with E-state index in [1.807, 2.05) is 20.8 Å². The second kappa shape index (κ2) is 9.31. The number of nitrogens with one attached hydrogen (secondary N) is 3. The van der Waals surface area contributed by atoms with Gasteiger partial charge in [0.1, 0.15) is 0 Å². The quantitative estimate of drug-likeness (QED) is 0.596. The summed E-state index contributed by atoms with van der Waals surface area (Å²) in [4.78, 5) is 26.1. The number of carbonyl (C=O) groups excluding carboxylic acids is 2. The first-order chi connectivity index (χ1) is 13.2. The van der Waals surface area contributed by atoms with Gasteiger partial charge < -0.3 is 0 Å². The van der Waals surface area contributed by atoms with E-state index in [2.05, 4.69) is 15.6 Å². The minimum absolute atomic E-state index is 0.0783. The van der Waals surface area contributed by atoms with Gasteiger partial charge in [-0.1, -0.05) is 13.8 Å². The summed E-state index contributed by atoms with van der Waals surface area (Å²) in [6.45, 7) is 7.62. The van der Waals surface area contributed by atoms with Crippen molar-refractivity contribution < 1.29 is 18.0 Å². The van der Waals surface area contributed by atoms with Gasteiger partial charge in [0.2, 0.25) is 10.0 Å². The molecule has 1 atom stereocenters. The third-order valence-corrected chi connectivity index (χ3v) is 7.24. The molecule has 1 heterocycles. The van der Waals surface area contributed by atoms with Gasteiger partial charge in [0.25, 0.3) is 11.8 Å². The molecule has 28 heavy (non-hydrogen) atoms. The van der Waals surface area contributed by atoms with E-state index in [9.17, 15) is 18.0 Å². The van der Waals surface area contributed by atoms with Crippen LogP contribution < -0.4 is 15.6 Å². The summed E-state index contributed by atoms with van der Waals surface area (Å²) in [5.41, 5.74) is 6.01. The van der Waals surface area contributed by atoms with Gasteiger partial charge in [-0.2, -0.15) is 0 Å². The third-order valence-electron chi connectivity index (χ3n) is 4.25. The summed E-state index contributed by atoms with van der Waals surface area (Å²) < 4.78 is 27.0. The summed E-state index contributed by atoms with van der Waals surface area (Å²) in [7, 11) is -3.63. The molecule has 0 radical (unpaired) electrons. The van der Waals surface area contributed by atoms with Crippen molar-refractivity contribution in [3.63, 3.8) is 0 Å². The zero-order valence-electron chi connectivity index (χ0n) is 16.3. The van der Waals surface area contributed by atoms with Gasteiger partial charge in [0, 0.05) is 16.5 Å². The molecule has 2 rings (SSSR count). The Labute approximate surface area is 169 Å². The molecular weight excluding hydrogens is 398 g/mol. The van der Waals surface area contributed by atoms with Crippen LogP contribution in [0.15, 0.2) is 35.2 Å². The van der Waals surface area contributed by atoms with Crippen LogP contribution in [0.1, 0.15) is 57.7 Å². The molecule has 2 amide bonds. The van der Waals surface area contributed by atoms with Crippen LogP contribution in [0.3, 0.4) is 0 Å². The number of amides is 2. The highest BCUT2D eigenvalue weighted by atomic mass is 32.2. The molecule has 0 spiro atoms. The second-order valence-corrected chi connectivity index (χ2v) is 9.28. The summed E-state index contributed by atoms with van der Waals surface area (Å²) >= 11 is 1.39. The van der Waals surface area contributed by atoms with E-state index in [0.717, 1.165) is 16.9 Å². The topological polar surface area (TPSA) is 104 Å². The Morgan fingerprint density at radius 3 is 2.21 bits per heavy atom. The van der Waals surface area contributed by atoms with Crippen LogP contribution in [0.4, 0.5) is 0 Å². The van der Waals surface area contributed by atoms with E-state index in [-0.39, 0.29) is 16.5 Å². The van der Waals surface area contributed by atoms with Crippen molar-refractivity contribution in [3.8, 4) is 0 Å². The summed E-state index contributed by atoms with van der Waals surface area (Å²) in [6.07, 6.45) is 1.51. The zero-order valence-corrected chi connectivity index (χ0v) is 18.0. The van der Waals surface area contributed by atoms with Crippen LogP contribution in [0, 0.1) is 6.92 Å². The van der Waals surface area contributed by atoms with E-state index < -0.39 is 21.8 Å². The number of thiophene rings is 1. The Morgan fingerprint density at radius 1 is 1.07 bits per heavy atom. The molecule has 1 aromatic carbocycles. The SMILES string of the molecule is CCc1sc(C(=O)NNC(=O)c2ccc(S(=O)(=O)N[C@@H](C)CC)cc2)cc1C. The van der Waals surface area contributed by atoms with Crippen molar-refractivity contribution in [2.75, 3.05) is 0 Å². The maximum atomic E-state index is 12.2. The van der Waals surface area contributed by atoms with E-state index in [4.69, 9.17) is 0 Å². The second-order valence-electron chi connectivity index (χ2n) is 6.43. The molecular formula is C19H25N3O4S2. The fourth-order valence-electron chi connectivity index (χ4n) is 2.43. The van der Waals surface area contributed by atoms with Crippen LogP contribution in [0.5, 0.6) is 0 Å². The average molecular weight is 424 g/mol. The van der Waals surface area contributed by atoms with Crippen LogP contribution in [-0.4, -0.2) is 26.3 Å². The Balaban J connectivity index is 2.00. The minimum atomic E-state index is -3.63. The van der Waals surface area contributed by atoms with Gasteiger partial charge in [-0.3, -0.25) is 20.4 Å². The van der Waals surface area contributed by atoms with Gasteiger partial charge in [-0.25, -0.2) is 13.1 Å². The van der Waals surface area contributed by atoms with Gasteiger partial charge in [0.05, 0.1) is 9.77 Å². The first kappa shape index (κ1) is 22.1. The van der Waals surface area contributed by atoms with Gasteiger partial charge in [-0.15, -0.1) is 11.3 Å². The molecule has 0 fully saturated rings. The Kier molecular flexibility index (Phi) is 7.34. The Hall–Kier alpha value is -2.23. The summed E-state index contributed by atoms with van der Waals surface area (Å²) in [6, 6.07) is 7.12. The van der Waals surface area contributed by atoms with Gasteiger partial charge in [-0.05, 0) is 62.6 Å². The Bertz CT molecular complexity index is 950. The summed E-state index contributed by atoms with van der Waals surface area (Å²) in [5, 5.41) is 0. The van der Waals surface area contributed by atoms with Crippen molar-refractivity contribution in [2.24, 2.45) is 0 Å². The molecule has 0 bridgehead atoms. The van der Waals surface area contributed by atoms with Gasteiger partial charge in [0.15, 0.2) is 0 Å². The predicted octanol–water partition coefficient (Wildman–Crippen LogP) is 2.77. The highest BCUT2D eigenvalue weighted by Gasteiger charge is 2.18. The van der Waals surface area contributed by atoms with Crippen molar-refractivity contribution in [1.82, 2.24) is 15.6 Å². The number of hydrogen-bond acceptors (Lipinski definition) is 5. The highest BCUT2D eigenvalue weighted by molar-refractivity contribution is 7.89. The summed E-state index contributed by atoms with van der Waals surface area (Å²) in [5.74, 6) is -0.922. The normalized spacial score (nSPS) is 12.4. The molecule has 0 unspecified atom stereocenters. The number of carbonyl (C=O) groups is 2. The molecule has 2 aromatic rings. The molecule has 0 aliphatic heterocycles. The van der Waals surface area contributed by atoms with Crippen molar-refractivity contribution >= 4 is 33.2 Å². The molecule has 152 valence electrons. The number of sulfonamides is 1. The lowest BCUT2D eigenvalue weighted by atomic mass is 10.2. The van der Waals surface area contributed by atoms with E-state index in [0.29, 0.717) is 11.3 Å². The van der Waals surface area contributed by atoms with Crippen molar-refractivity contribution in [2.45, 2.75) is 51.5 Å². The first-order valence-corrected chi connectivity index (χ1v) is 11.3. The average Bonchev–Trinajstić information content (AvgIpc) is 3.06. The number of aryl methyl sites for hydroxylation is 2. The number of rotatable bonds is 7. The van der Waals surface area contributed by atoms with Crippen molar-refractivity contribution in [1.29, 1.82) is 0 Å². The maximum Gasteiger partial charge on any atom is 0.279 e. The fraction of sp³-hybridized carbons (Fsp3) is 0.368. The standard InChI is InChI=1S/C19H25N3O4S2/c1-5-13(4)22-28(25,26)15-9-7-14(8-10-15)18(23)20-21-19(24)17-11-12(3)16(6-2)27-17/h7-11,13,22H,5-6H2,1-4H3,(H,20,23)(H,21,24)/t13-/m0/s1. The van der Waals surface area contributed by atoms with E-state index in [1.54, 1.807) is 13.0 Å². The molecule has 9 heteroatoms. The zero-order chi connectivity index (χ0) is 20.9. The smallest absolute Gasteiger partial charge is 0.267 e. The molecule has 0 aliphatic rings. The molecule has 0 saturated carbocycles. The van der Waals surface area contributed by atoms with Crippen molar-refractivity contribution in [3.05, 3.63) is 51.2 Å². The largest absolute Gasteiger partial charge is 0.279 e. The number of hydrogen-bond donors (Lipinski definition) is 3. The highest BCUT2D eigenvalue weighted by Crippen LogP contribution is 2.22. The van der Waals surface area contributed by atoms with Crippen LogP contribution in [0.2, 0.25) is 0 Å². The lowest BCUT2D eigenvalue weighted by Gasteiger charge is -2.12. The molecule has 1 aromatic heterocycles. The molecule has 3 N–H and O–H groups in total. The fourth-order valence-corrected chi connectivity index (χ4v) is 4.77. The number of benzene rings is 1. The van der Waals surface area contributed by atoms with E-state index >= 15 is 0 Å². The lowest BCUT2D eigenvalue weighted by molar-refractivity contribution is 0.0849. The Morgan fingerprint density at radius 2 is 1.68 bits per heavy atom. The third kappa shape index (κ3) is 5.40. The predicted molar refractivity (Wildman–Crippen MR) is 110 cm³/mol. The van der Waals surface area contributed by atoms with Gasteiger partial charge >= 0.3 is 0 Å². The minimum Gasteiger partial charge on any atom is -0.267 e. The first-order valence-electron chi connectivity index (χ1n) is 9.00. The molecule has 7 nitrogen and oxygen atoms in total. The molecule has 0 aliphatic carbocycles. The molecule has 0 saturated heterocycles. The van der Waals surface area contributed by atoms with Crippen LogP contribution >= 0.6 is 11.3 Å².